The molecule has 2 aromatic carbocycles. The highest BCUT2D eigenvalue weighted by atomic mass is 32.2. The molecule has 0 aliphatic carbocycles. The van der Waals surface area contributed by atoms with Crippen molar-refractivity contribution in [3.8, 4) is 11.4 Å². The summed E-state index contributed by atoms with van der Waals surface area (Å²) in [5.74, 6) is -0.106. The van der Waals surface area contributed by atoms with Crippen LogP contribution in [0.5, 0.6) is 5.75 Å². The number of carbonyl (C=O) groups excluding carboxylic acids is 1. The van der Waals surface area contributed by atoms with E-state index in [1.54, 1.807) is 35.9 Å². The SMILES string of the molecule is COc1ccccc1NC(=O)c1cnc(SC)n1-c1ccc(F)cc1. The highest BCUT2D eigenvalue weighted by Gasteiger charge is 2.19. The molecule has 0 atom stereocenters. The monoisotopic (exact) mass is 357 g/mol. The third-order valence-corrected chi connectivity index (χ3v) is 4.24. The van der Waals surface area contributed by atoms with E-state index in [4.69, 9.17) is 4.74 Å². The van der Waals surface area contributed by atoms with Crippen LogP contribution in [0.4, 0.5) is 10.1 Å². The van der Waals surface area contributed by atoms with Crippen LogP contribution in [0, 0.1) is 5.82 Å². The predicted molar refractivity (Wildman–Crippen MR) is 96.3 cm³/mol. The van der Waals surface area contributed by atoms with Gasteiger partial charge in [-0.15, -0.1) is 0 Å². The average molecular weight is 357 g/mol. The van der Waals surface area contributed by atoms with E-state index in [2.05, 4.69) is 10.3 Å². The van der Waals surface area contributed by atoms with Gasteiger partial charge in [-0.25, -0.2) is 9.37 Å². The molecular weight excluding hydrogens is 341 g/mol. The molecule has 25 heavy (non-hydrogen) atoms. The minimum absolute atomic E-state index is 0.332. The lowest BCUT2D eigenvalue weighted by molar-refractivity contribution is 0.101. The van der Waals surface area contributed by atoms with E-state index in [0.717, 1.165) is 0 Å². The first-order valence-corrected chi connectivity index (χ1v) is 8.68. The molecule has 0 aliphatic heterocycles. The second kappa shape index (κ2) is 7.40. The van der Waals surface area contributed by atoms with Crippen molar-refractivity contribution in [3.63, 3.8) is 0 Å². The van der Waals surface area contributed by atoms with Crippen molar-refractivity contribution in [2.45, 2.75) is 5.16 Å². The summed E-state index contributed by atoms with van der Waals surface area (Å²) in [6.45, 7) is 0. The zero-order chi connectivity index (χ0) is 17.8. The van der Waals surface area contributed by atoms with Gasteiger partial charge in [0.15, 0.2) is 5.16 Å². The number of anilines is 1. The molecule has 128 valence electrons. The van der Waals surface area contributed by atoms with Crippen molar-refractivity contribution in [2.24, 2.45) is 0 Å². The highest BCUT2D eigenvalue weighted by Crippen LogP contribution is 2.26. The summed E-state index contributed by atoms with van der Waals surface area (Å²) in [6.07, 6.45) is 3.37. The second-order valence-electron chi connectivity index (χ2n) is 5.10. The smallest absolute Gasteiger partial charge is 0.274 e. The van der Waals surface area contributed by atoms with Crippen LogP contribution in [0.3, 0.4) is 0 Å². The van der Waals surface area contributed by atoms with E-state index >= 15 is 0 Å². The van der Waals surface area contributed by atoms with Gasteiger partial charge in [-0.05, 0) is 42.7 Å². The summed E-state index contributed by atoms with van der Waals surface area (Å²) >= 11 is 1.40. The summed E-state index contributed by atoms with van der Waals surface area (Å²) in [5, 5.41) is 3.46. The molecular formula is C18H16FN3O2S. The molecule has 0 radical (unpaired) electrons. The Hall–Kier alpha value is -2.80. The van der Waals surface area contributed by atoms with Gasteiger partial charge in [0.2, 0.25) is 0 Å². The Labute approximate surface area is 148 Å². The van der Waals surface area contributed by atoms with Gasteiger partial charge >= 0.3 is 0 Å². The van der Waals surface area contributed by atoms with Crippen molar-refractivity contribution in [1.29, 1.82) is 0 Å². The molecule has 3 aromatic rings. The molecule has 3 rings (SSSR count). The third kappa shape index (κ3) is 3.51. The fourth-order valence-electron chi connectivity index (χ4n) is 2.41. The van der Waals surface area contributed by atoms with Gasteiger partial charge in [-0.1, -0.05) is 23.9 Å². The Bertz CT molecular complexity index is 894. The van der Waals surface area contributed by atoms with Crippen LogP contribution in [-0.4, -0.2) is 28.8 Å². The predicted octanol–water partition coefficient (Wildman–Crippen LogP) is 3.99. The van der Waals surface area contributed by atoms with Crippen LogP contribution < -0.4 is 10.1 Å². The number of hydrogen-bond acceptors (Lipinski definition) is 4. The minimum Gasteiger partial charge on any atom is -0.495 e. The molecule has 0 saturated carbocycles. The third-order valence-electron chi connectivity index (χ3n) is 3.58. The molecule has 0 spiro atoms. The number of rotatable bonds is 5. The van der Waals surface area contributed by atoms with E-state index in [-0.39, 0.29) is 11.7 Å². The number of aromatic nitrogens is 2. The second-order valence-corrected chi connectivity index (χ2v) is 5.87. The molecule has 5 nitrogen and oxygen atoms in total. The van der Waals surface area contributed by atoms with Gasteiger partial charge < -0.3 is 10.1 Å². The van der Waals surface area contributed by atoms with Crippen LogP contribution in [-0.2, 0) is 0 Å². The normalized spacial score (nSPS) is 10.5. The number of nitrogens with one attached hydrogen (secondary N) is 1. The summed E-state index contributed by atoms with van der Waals surface area (Å²) < 4.78 is 20.2. The van der Waals surface area contributed by atoms with Gasteiger partial charge in [0.25, 0.3) is 5.91 Å². The van der Waals surface area contributed by atoms with Crippen molar-refractivity contribution < 1.29 is 13.9 Å². The molecule has 7 heteroatoms. The van der Waals surface area contributed by atoms with E-state index in [0.29, 0.717) is 28.0 Å². The molecule has 1 N–H and O–H groups in total. The fourth-order valence-corrected chi connectivity index (χ4v) is 2.96. The van der Waals surface area contributed by atoms with E-state index < -0.39 is 0 Å². The lowest BCUT2D eigenvalue weighted by atomic mass is 10.2. The van der Waals surface area contributed by atoms with Crippen LogP contribution >= 0.6 is 11.8 Å². The molecule has 0 aliphatic rings. The number of ether oxygens (including phenoxy) is 1. The number of halogens is 1. The maximum Gasteiger partial charge on any atom is 0.274 e. The van der Waals surface area contributed by atoms with Gasteiger partial charge in [0.1, 0.15) is 17.3 Å². The van der Waals surface area contributed by atoms with Crippen LogP contribution in [0.1, 0.15) is 10.5 Å². The number of hydrogen-bond donors (Lipinski definition) is 1. The molecule has 0 fully saturated rings. The topological polar surface area (TPSA) is 56.1 Å². The summed E-state index contributed by atoms with van der Waals surface area (Å²) in [5.41, 5.74) is 1.57. The zero-order valence-corrected chi connectivity index (χ0v) is 14.5. The Morgan fingerprint density at radius 3 is 2.60 bits per heavy atom. The number of imidazole rings is 1. The number of para-hydroxylation sites is 2. The molecule has 0 unspecified atom stereocenters. The Morgan fingerprint density at radius 1 is 1.20 bits per heavy atom. The highest BCUT2D eigenvalue weighted by molar-refractivity contribution is 7.98. The lowest BCUT2D eigenvalue weighted by Gasteiger charge is -2.13. The number of thioether (sulfide) groups is 1. The van der Waals surface area contributed by atoms with E-state index in [1.807, 2.05) is 18.4 Å². The van der Waals surface area contributed by atoms with Crippen molar-refractivity contribution in [2.75, 3.05) is 18.7 Å². The van der Waals surface area contributed by atoms with Crippen molar-refractivity contribution >= 4 is 23.4 Å². The quantitative estimate of drug-likeness (QED) is 0.702. The van der Waals surface area contributed by atoms with Crippen molar-refractivity contribution in [1.82, 2.24) is 9.55 Å². The standard InChI is InChI=1S/C18H16FN3O2S/c1-24-16-6-4-3-5-14(16)21-17(23)15-11-20-18(25-2)22(15)13-9-7-12(19)8-10-13/h3-11H,1-2H3,(H,21,23). The summed E-state index contributed by atoms with van der Waals surface area (Å²) in [6, 6.07) is 13.1. The summed E-state index contributed by atoms with van der Waals surface area (Å²) in [4.78, 5) is 17.0. The first-order chi connectivity index (χ1) is 12.1. The van der Waals surface area contributed by atoms with Crippen molar-refractivity contribution in [3.05, 3.63) is 66.2 Å². The Morgan fingerprint density at radius 2 is 1.92 bits per heavy atom. The maximum absolute atomic E-state index is 13.2. The molecule has 1 heterocycles. The largest absolute Gasteiger partial charge is 0.495 e. The molecule has 1 amide bonds. The first-order valence-electron chi connectivity index (χ1n) is 7.46. The average Bonchev–Trinajstić information content (AvgIpc) is 3.07. The lowest BCUT2D eigenvalue weighted by Crippen LogP contribution is -2.17. The zero-order valence-electron chi connectivity index (χ0n) is 13.7. The minimum atomic E-state index is -0.338. The van der Waals surface area contributed by atoms with Gasteiger partial charge in [-0.2, -0.15) is 0 Å². The van der Waals surface area contributed by atoms with Crippen LogP contribution in [0.2, 0.25) is 0 Å². The molecule has 0 saturated heterocycles. The maximum atomic E-state index is 13.2. The number of benzene rings is 2. The van der Waals surface area contributed by atoms with Crippen LogP contribution in [0.15, 0.2) is 59.9 Å². The van der Waals surface area contributed by atoms with Crippen LogP contribution in [0.25, 0.3) is 5.69 Å². The summed E-state index contributed by atoms with van der Waals surface area (Å²) in [7, 11) is 1.54. The van der Waals surface area contributed by atoms with Gasteiger partial charge in [0.05, 0.1) is 19.0 Å². The first kappa shape index (κ1) is 17.0. The van der Waals surface area contributed by atoms with Gasteiger partial charge in [-0.3, -0.25) is 9.36 Å². The molecule has 0 bridgehead atoms. The Kier molecular flexibility index (Phi) is 5.04. The number of carbonyl (C=O) groups is 1. The molecule has 1 aromatic heterocycles. The fraction of sp³-hybridized carbons (Fsp3) is 0.111. The van der Waals surface area contributed by atoms with E-state index in [9.17, 15) is 9.18 Å². The van der Waals surface area contributed by atoms with E-state index in [1.165, 1.54) is 30.1 Å². The number of nitrogens with zero attached hydrogens (tertiary/aromatic N) is 2. The number of amides is 1. The van der Waals surface area contributed by atoms with Gasteiger partial charge in [0, 0.05) is 5.69 Å². The number of methoxy groups -OCH3 is 1. The Balaban J connectivity index is 1.98.